The van der Waals surface area contributed by atoms with Crippen molar-refractivity contribution in [3.05, 3.63) is 81.0 Å². The first-order chi connectivity index (χ1) is 17.4. The Kier molecular flexibility index (Phi) is 12.0. The van der Waals surface area contributed by atoms with Gasteiger partial charge >= 0.3 is 6.09 Å². The smallest absolute Gasteiger partial charge is 0.404 e. The molecule has 0 fully saturated rings. The SMILES string of the molecule is CC(C)c1nn(CCOC(N)=O)c(OCc2ccccc2)c1Cc1cc(Cl)cc(Cl)c1.CCP(C)(C)=O. The molecular formula is C27H36Cl2N3O4P. The van der Waals surface area contributed by atoms with Crippen molar-refractivity contribution >= 4 is 36.4 Å². The molecule has 37 heavy (non-hydrogen) atoms. The Hall–Kier alpha value is -2.47. The number of hydrogen-bond donors (Lipinski definition) is 1. The molecule has 202 valence electrons. The van der Waals surface area contributed by atoms with Gasteiger partial charge in [0, 0.05) is 22.0 Å². The Morgan fingerprint density at radius 2 is 1.68 bits per heavy atom. The van der Waals surface area contributed by atoms with E-state index in [2.05, 4.69) is 13.8 Å². The minimum Gasteiger partial charge on any atom is -0.473 e. The minimum absolute atomic E-state index is 0.0959. The maximum atomic E-state index is 11.0. The topological polar surface area (TPSA) is 96.4 Å². The zero-order valence-electron chi connectivity index (χ0n) is 22.0. The number of aromatic nitrogens is 2. The number of nitrogens with zero attached hydrogens (tertiary/aromatic N) is 2. The van der Waals surface area contributed by atoms with Crippen LogP contribution in [0.25, 0.3) is 0 Å². The van der Waals surface area contributed by atoms with Gasteiger partial charge in [-0.25, -0.2) is 9.48 Å². The van der Waals surface area contributed by atoms with Crippen molar-refractivity contribution in [3.8, 4) is 5.88 Å². The Balaban J connectivity index is 0.000000717. The zero-order chi connectivity index (χ0) is 27.6. The summed E-state index contributed by atoms with van der Waals surface area (Å²) in [5, 5.41) is 5.90. The fraction of sp³-hybridized carbons (Fsp3) is 0.407. The number of ether oxygens (including phenoxy) is 2. The third-order valence-corrected chi connectivity index (χ3v) is 7.37. The van der Waals surface area contributed by atoms with Crippen LogP contribution in [0, 0.1) is 0 Å². The number of carbonyl (C=O) groups is 1. The molecule has 0 atom stereocenters. The van der Waals surface area contributed by atoms with Crippen molar-refractivity contribution in [2.24, 2.45) is 5.73 Å². The molecule has 3 rings (SSSR count). The third-order valence-electron chi connectivity index (χ3n) is 5.41. The average molecular weight is 568 g/mol. The summed E-state index contributed by atoms with van der Waals surface area (Å²) in [5.74, 6) is 0.777. The normalized spacial score (nSPS) is 11.1. The summed E-state index contributed by atoms with van der Waals surface area (Å²) in [5.41, 5.74) is 8.93. The molecule has 10 heteroatoms. The molecule has 0 aliphatic carbocycles. The van der Waals surface area contributed by atoms with Gasteiger partial charge in [0.1, 0.15) is 13.2 Å². The lowest BCUT2D eigenvalue weighted by Crippen LogP contribution is -2.18. The molecule has 0 unspecified atom stereocenters. The third kappa shape index (κ3) is 10.8. The molecule has 0 spiro atoms. The minimum atomic E-state index is -1.65. The molecule has 0 saturated heterocycles. The second-order valence-corrected chi connectivity index (χ2v) is 14.0. The monoisotopic (exact) mass is 567 g/mol. The van der Waals surface area contributed by atoms with E-state index >= 15 is 0 Å². The summed E-state index contributed by atoms with van der Waals surface area (Å²) >= 11 is 12.4. The molecule has 1 aromatic heterocycles. The molecule has 0 aliphatic rings. The molecule has 2 N–H and O–H groups in total. The quantitative estimate of drug-likeness (QED) is 0.261. The predicted molar refractivity (Wildman–Crippen MR) is 152 cm³/mol. The van der Waals surface area contributed by atoms with Crippen molar-refractivity contribution in [3.63, 3.8) is 0 Å². The van der Waals surface area contributed by atoms with E-state index in [1.54, 1.807) is 24.1 Å². The van der Waals surface area contributed by atoms with Crippen LogP contribution in [0.3, 0.4) is 0 Å². The van der Waals surface area contributed by atoms with Gasteiger partial charge in [0.2, 0.25) is 5.88 Å². The lowest BCUT2D eigenvalue weighted by Gasteiger charge is -2.13. The number of carbonyl (C=O) groups excluding carboxylic acids is 1. The van der Waals surface area contributed by atoms with Crippen LogP contribution in [-0.2, 0) is 28.9 Å². The van der Waals surface area contributed by atoms with Crippen LogP contribution < -0.4 is 10.5 Å². The van der Waals surface area contributed by atoms with Crippen LogP contribution in [0.5, 0.6) is 5.88 Å². The summed E-state index contributed by atoms with van der Waals surface area (Å²) in [7, 11) is -1.65. The number of halogens is 2. The molecule has 0 radical (unpaired) electrons. The Morgan fingerprint density at radius 1 is 1.08 bits per heavy atom. The van der Waals surface area contributed by atoms with Crippen molar-refractivity contribution < 1.29 is 18.8 Å². The fourth-order valence-electron chi connectivity index (χ4n) is 3.32. The van der Waals surface area contributed by atoms with Crippen molar-refractivity contribution in [1.82, 2.24) is 9.78 Å². The van der Waals surface area contributed by atoms with Crippen LogP contribution in [0.2, 0.25) is 10.0 Å². The summed E-state index contributed by atoms with van der Waals surface area (Å²) in [4.78, 5) is 11.0. The maximum absolute atomic E-state index is 11.0. The van der Waals surface area contributed by atoms with Crippen LogP contribution >= 0.6 is 30.3 Å². The van der Waals surface area contributed by atoms with E-state index < -0.39 is 13.2 Å². The maximum Gasteiger partial charge on any atom is 0.404 e. The summed E-state index contributed by atoms with van der Waals surface area (Å²) in [6.45, 7) is 10.5. The second kappa shape index (κ2) is 14.5. The van der Waals surface area contributed by atoms with E-state index in [1.165, 1.54) is 0 Å². The van der Waals surface area contributed by atoms with Gasteiger partial charge in [-0.2, -0.15) is 5.10 Å². The highest BCUT2D eigenvalue weighted by Crippen LogP contribution is 2.34. The van der Waals surface area contributed by atoms with Crippen LogP contribution in [0.15, 0.2) is 48.5 Å². The first-order valence-electron chi connectivity index (χ1n) is 12.1. The second-order valence-electron chi connectivity index (χ2n) is 9.33. The average Bonchev–Trinajstić information content (AvgIpc) is 3.14. The van der Waals surface area contributed by atoms with Crippen molar-refractivity contribution in [2.45, 2.75) is 46.3 Å². The molecule has 0 aliphatic heterocycles. The molecule has 2 aromatic carbocycles. The van der Waals surface area contributed by atoms with Crippen molar-refractivity contribution in [1.29, 1.82) is 0 Å². The molecule has 1 heterocycles. The Bertz CT molecular complexity index is 1190. The van der Waals surface area contributed by atoms with E-state index in [0.717, 1.165) is 28.5 Å². The number of primary amides is 1. The van der Waals surface area contributed by atoms with E-state index in [1.807, 2.05) is 49.4 Å². The highest BCUT2D eigenvalue weighted by molar-refractivity contribution is 7.62. The van der Waals surface area contributed by atoms with Crippen LogP contribution in [0.1, 0.15) is 49.1 Å². The first-order valence-corrected chi connectivity index (χ1v) is 15.6. The van der Waals surface area contributed by atoms with Crippen LogP contribution in [0.4, 0.5) is 4.79 Å². The number of hydrogen-bond acceptors (Lipinski definition) is 5. The molecule has 1 amide bonds. The van der Waals surface area contributed by atoms with Gasteiger partial charge in [-0.05, 0) is 54.7 Å². The van der Waals surface area contributed by atoms with Gasteiger partial charge in [0.25, 0.3) is 0 Å². The molecule has 7 nitrogen and oxygen atoms in total. The number of nitrogens with two attached hydrogens (primary N) is 1. The van der Waals surface area contributed by atoms with Gasteiger partial charge in [-0.15, -0.1) is 0 Å². The molecule has 3 aromatic rings. The standard InChI is InChI=1S/C23H25Cl2N3O3.C4H11OP/c1-15(2)21-20(12-17-10-18(24)13-19(25)11-17)22(28(27-21)8-9-30-23(26)29)31-14-16-6-4-3-5-7-16;1-4-6(2,3)5/h3-7,10-11,13,15H,8-9,12,14H2,1-2H3,(H2,26,29);4H2,1-3H3. The van der Waals surface area contributed by atoms with Gasteiger partial charge in [0.15, 0.2) is 0 Å². The van der Waals surface area contributed by atoms with E-state index in [4.69, 9.17) is 43.5 Å². The summed E-state index contributed by atoms with van der Waals surface area (Å²) in [6.07, 6.45) is 0.554. The number of amides is 1. The van der Waals surface area contributed by atoms with Crippen LogP contribution in [-0.4, -0.2) is 42.0 Å². The fourth-order valence-corrected chi connectivity index (χ4v) is 3.89. The predicted octanol–water partition coefficient (Wildman–Crippen LogP) is 7.21. The first kappa shape index (κ1) is 30.8. The molecule has 0 bridgehead atoms. The van der Waals surface area contributed by atoms with E-state index in [9.17, 15) is 9.36 Å². The van der Waals surface area contributed by atoms with Gasteiger partial charge in [0.05, 0.1) is 19.4 Å². The van der Waals surface area contributed by atoms with Gasteiger partial charge < -0.3 is 19.8 Å². The molecular weight excluding hydrogens is 532 g/mol. The highest BCUT2D eigenvalue weighted by atomic mass is 35.5. The van der Waals surface area contributed by atoms with E-state index in [-0.39, 0.29) is 12.5 Å². The Morgan fingerprint density at radius 3 is 2.19 bits per heavy atom. The zero-order valence-corrected chi connectivity index (χ0v) is 24.4. The van der Waals surface area contributed by atoms with Gasteiger partial charge in [-0.1, -0.05) is 74.3 Å². The number of benzene rings is 2. The lowest BCUT2D eigenvalue weighted by molar-refractivity contribution is 0.148. The lowest BCUT2D eigenvalue weighted by atomic mass is 9.99. The summed E-state index contributed by atoms with van der Waals surface area (Å²) < 4.78 is 23.5. The van der Waals surface area contributed by atoms with Crippen molar-refractivity contribution in [2.75, 3.05) is 26.1 Å². The van der Waals surface area contributed by atoms with Gasteiger partial charge in [-0.3, -0.25) is 0 Å². The molecule has 0 saturated carbocycles. The largest absolute Gasteiger partial charge is 0.473 e. The highest BCUT2D eigenvalue weighted by Gasteiger charge is 2.22. The van der Waals surface area contributed by atoms with E-state index in [0.29, 0.717) is 35.5 Å². The number of rotatable bonds is 10. The summed E-state index contributed by atoms with van der Waals surface area (Å²) in [6, 6.07) is 15.3. The Labute approximate surface area is 229 Å².